The predicted molar refractivity (Wildman–Crippen MR) is 63.4 cm³/mol. The number of hydrogen-bond acceptors (Lipinski definition) is 5. The molecule has 2 atom stereocenters. The number of fused-ring (bicyclic) bond motifs is 1. The van der Waals surface area contributed by atoms with Crippen LogP contribution in [0.15, 0.2) is 4.52 Å². The van der Waals surface area contributed by atoms with Crippen molar-refractivity contribution < 1.29 is 4.52 Å². The SMILES string of the molecule is CCCc1noc(CN2CC3CNCC3C2)n1. The molecule has 3 heterocycles. The zero-order chi connectivity index (χ0) is 11.7. The van der Waals surface area contributed by atoms with Gasteiger partial charge in [-0.25, -0.2) is 0 Å². The minimum atomic E-state index is 0.779. The molecular formula is C12H20N4O. The predicted octanol–water partition coefficient (Wildman–Crippen LogP) is 0.673. The Labute approximate surface area is 102 Å². The van der Waals surface area contributed by atoms with Crippen molar-refractivity contribution in [1.29, 1.82) is 0 Å². The molecule has 0 saturated carbocycles. The highest BCUT2D eigenvalue weighted by molar-refractivity contribution is 4.93. The van der Waals surface area contributed by atoms with Gasteiger partial charge in [-0.3, -0.25) is 4.90 Å². The Morgan fingerprint density at radius 1 is 1.35 bits per heavy atom. The largest absolute Gasteiger partial charge is 0.338 e. The van der Waals surface area contributed by atoms with Crippen LogP contribution in [0.2, 0.25) is 0 Å². The molecule has 1 N–H and O–H groups in total. The van der Waals surface area contributed by atoms with Gasteiger partial charge in [0.15, 0.2) is 5.82 Å². The monoisotopic (exact) mass is 236 g/mol. The molecule has 0 aromatic carbocycles. The lowest BCUT2D eigenvalue weighted by Crippen LogP contribution is -2.25. The topological polar surface area (TPSA) is 54.2 Å². The average molecular weight is 236 g/mol. The zero-order valence-electron chi connectivity index (χ0n) is 10.4. The van der Waals surface area contributed by atoms with Crippen LogP contribution < -0.4 is 5.32 Å². The van der Waals surface area contributed by atoms with Crippen LogP contribution in [0.5, 0.6) is 0 Å². The van der Waals surface area contributed by atoms with Gasteiger partial charge < -0.3 is 9.84 Å². The Morgan fingerprint density at radius 3 is 2.82 bits per heavy atom. The van der Waals surface area contributed by atoms with Crippen LogP contribution in [-0.4, -0.2) is 41.2 Å². The summed E-state index contributed by atoms with van der Waals surface area (Å²) in [5, 5.41) is 7.45. The third-order valence-electron chi connectivity index (χ3n) is 3.81. The van der Waals surface area contributed by atoms with Gasteiger partial charge in [0, 0.05) is 19.5 Å². The molecule has 2 fully saturated rings. The highest BCUT2D eigenvalue weighted by Crippen LogP contribution is 2.27. The van der Waals surface area contributed by atoms with Gasteiger partial charge in [-0.15, -0.1) is 0 Å². The standard InChI is InChI=1S/C12H20N4O/c1-2-3-11-14-12(17-15-11)8-16-6-9-4-13-5-10(9)7-16/h9-10,13H,2-8H2,1H3. The van der Waals surface area contributed by atoms with Crippen molar-refractivity contribution in [3.63, 3.8) is 0 Å². The number of aryl methyl sites for hydroxylation is 1. The van der Waals surface area contributed by atoms with E-state index in [4.69, 9.17) is 4.52 Å². The number of nitrogens with zero attached hydrogens (tertiary/aromatic N) is 3. The van der Waals surface area contributed by atoms with Crippen molar-refractivity contribution >= 4 is 0 Å². The summed E-state index contributed by atoms with van der Waals surface area (Å²) in [5.74, 6) is 3.28. The summed E-state index contributed by atoms with van der Waals surface area (Å²) >= 11 is 0. The van der Waals surface area contributed by atoms with E-state index in [2.05, 4.69) is 27.3 Å². The normalized spacial score (nSPS) is 28.8. The van der Waals surface area contributed by atoms with Gasteiger partial charge in [-0.05, 0) is 31.3 Å². The van der Waals surface area contributed by atoms with E-state index in [0.29, 0.717) is 0 Å². The minimum Gasteiger partial charge on any atom is -0.338 e. The lowest BCUT2D eigenvalue weighted by molar-refractivity contribution is 0.253. The number of likely N-dealkylation sites (tertiary alicyclic amines) is 1. The van der Waals surface area contributed by atoms with Crippen LogP contribution in [0, 0.1) is 11.8 Å². The molecule has 0 aliphatic carbocycles. The van der Waals surface area contributed by atoms with Gasteiger partial charge in [0.25, 0.3) is 0 Å². The maximum absolute atomic E-state index is 5.28. The van der Waals surface area contributed by atoms with E-state index in [1.807, 2.05) is 0 Å². The second-order valence-corrected chi connectivity index (χ2v) is 5.23. The third kappa shape index (κ3) is 2.35. The summed E-state index contributed by atoms with van der Waals surface area (Å²) in [6.07, 6.45) is 1.98. The molecule has 2 saturated heterocycles. The van der Waals surface area contributed by atoms with E-state index in [9.17, 15) is 0 Å². The van der Waals surface area contributed by atoms with Gasteiger partial charge in [-0.2, -0.15) is 4.98 Å². The fourth-order valence-electron chi connectivity index (χ4n) is 2.95. The summed E-state index contributed by atoms with van der Waals surface area (Å²) in [4.78, 5) is 6.87. The molecule has 0 spiro atoms. The number of aromatic nitrogens is 2. The quantitative estimate of drug-likeness (QED) is 0.833. The van der Waals surface area contributed by atoms with Crippen LogP contribution in [0.4, 0.5) is 0 Å². The minimum absolute atomic E-state index is 0.779. The zero-order valence-corrected chi connectivity index (χ0v) is 10.4. The van der Waals surface area contributed by atoms with Crippen molar-refractivity contribution in [2.45, 2.75) is 26.3 Å². The molecule has 17 heavy (non-hydrogen) atoms. The van der Waals surface area contributed by atoms with E-state index < -0.39 is 0 Å². The summed E-state index contributed by atoms with van der Waals surface area (Å²) in [7, 11) is 0. The first-order valence-electron chi connectivity index (χ1n) is 6.59. The first kappa shape index (κ1) is 11.2. The molecular weight excluding hydrogens is 216 g/mol. The summed E-state index contributed by atoms with van der Waals surface area (Å²) in [6.45, 7) is 7.64. The molecule has 1 aromatic rings. The summed E-state index contributed by atoms with van der Waals surface area (Å²) < 4.78 is 5.28. The van der Waals surface area contributed by atoms with Crippen molar-refractivity contribution in [3.8, 4) is 0 Å². The second kappa shape index (κ2) is 4.74. The van der Waals surface area contributed by atoms with Crippen molar-refractivity contribution in [2.75, 3.05) is 26.2 Å². The number of rotatable bonds is 4. The Kier molecular flexibility index (Phi) is 3.11. The number of hydrogen-bond donors (Lipinski definition) is 1. The van der Waals surface area contributed by atoms with Gasteiger partial charge in [0.05, 0.1) is 6.54 Å². The molecule has 2 aliphatic rings. The molecule has 1 aromatic heterocycles. The molecule has 3 rings (SSSR count). The Bertz CT molecular complexity index is 366. The Hall–Kier alpha value is -0.940. The Balaban J connectivity index is 1.56. The molecule has 2 unspecified atom stereocenters. The molecule has 0 radical (unpaired) electrons. The van der Waals surface area contributed by atoms with Crippen molar-refractivity contribution in [3.05, 3.63) is 11.7 Å². The van der Waals surface area contributed by atoms with Crippen LogP contribution in [0.25, 0.3) is 0 Å². The lowest BCUT2D eigenvalue weighted by atomic mass is 10.0. The first-order chi connectivity index (χ1) is 8.35. The van der Waals surface area contributed by atoms with Gasteiger partial charge in [0.2, 0.25) is 5.89 Å². The molecule has 5 nitrogen and oxygen atoms in total. The van der Waals surface area contributed by atoms with E-state index in [1.165, 1.54) is 26.2 Å². The van der Waals surface area contributed by atoms with Crippen LogP contribution >= 0.6 is 0 Å². The third-order valence-corrected chi connectivity index (χ3v) is 3.81. The van der Waals surface area contributed by atoms with E-state index in [-0.39, 0.29) is 0 Å². The molecule has 0 bridgehead atoms. The highest BCUT2D eigenvalue weighted by atomic mass is 16.5. The molecule has 0 amide bonds. The summed E-state index contributed by atoms with van der Waals surface area (Å²) in [5.41, 5.74) is 0. The van der Waals surface area contributed by atoms with E-state index in [0.717, 1.165) is 42.9 Å². The van der Waals surface area contributed by atoms with Crippen molar-refractivity contribution in [1.82, 2.24) is 20.4 Å². The van der Waals surface area contributed by atoms with Gasteiger partial charge in [-0.1, -0.05) is 12.1 Å². The maximum Gasteiger partial charge on any atom is 0.240 e. The second-order valence-electron chi connectivity index (χ2n) is 5.23. The van der Waals surface area contributed by atoms with E-state index in [1.54, 1.807) is 0 Å². The van der Waals surface area contributed by atoms with Gasteiger partial charge >= 0.3 is 0 Å². The van der Waals surface area contributed by atoms with Crippen molar-refractivity contribution in [2.24, 2.45) is 11.8 Å². The lowest BCUT2D eigenvalue weighted by Gasteiger charge is -2.13. The van der Waals surface area contributed by atoms with Gasteiger partial charge in [0.1, 0.15) is 0 Å². The van der Waals surface area contributed by atoms with Crippen LogP contribution in [0.1, 0.15) is 25.1 Å². The first-order valence-corrected chi connectivity index (χ1v) is 6.59. The van der Waals surface area contributed by atoms with Crippen LogP contribution in [0.3, 0.4) is 0 Å². The highest BCUT2D eigenvalue weighted by Gasteiger charge is 2.36. The molecule has 5 heteroatoms. The number of nitrogens with one attached hydrogen (secondary N) is 1. The molecule has 94 valence electrons. The summed E-state index contributed by atoms with van der Waals surface area (Å²) in [6, 6.07) is 0. The van der Waals surface area contributed by atoms with E-state index >= 15 is 0 Å². The maximum atomic E-state index is 5.28. The average Bonchev–Trinajstić information content (AvgIpc) is 2.95. The molecule has 2 aliphatic heterocycles. The smallest absolute Gasteiger partial charge is 0.240 e. The fourth-order valence-corrected chi connectivity index (χ4v) is 2.95. The Morgan fingerprint density at radius 2 is 2.12 bits per heavy atom. The van der Waals surface area contributed by atoms with Crippen LogP contribution in [-0.2, 0) is 13.0 Å². The fraction of sp³-hybridized carbons (Fsp3) is 0.833.